The van der Waals surface area contributed by atoms with E-state index < -0.39 is 0 Å². The Hall–Kier alpha value is -1.33. The fourth-order valence-electron chi connectivity index (χ4n) is 1.82. The summed E-state index contributed by atoms with van der Waals surface area (Å²) in [6.07, 6.45) is 2.48. The summed E-state index contributed by atoms with van der Waals surface area (Å²) >= 11 is 6.31. The van der Waals surface area contributed by atoms with Crippen LogP contribution in [0.25, 0.3) is 0 Å². The molecule has 18 heavy (non-hydrogen) atoms. The van der Waals surface area contributed by atoms with Crippen LogP contribution in [0.2, 0.25) is 5.02 Å². The fraction of sp³-hybridized carbons (Fsp3) is 0.500. The van der Waals surface area contributed by atoms with E-state index in [0.717, 1.165) is 35.1 Å². The lowest BCUT2D eigenvalue weighted by molar-refractivity contribution is 0.371. The van der Waals surface area contributed by atoms with Gasteiger partial charge in [-0.05, 0) is 13.3 Å². The number of nitrogens with one attached hydrogen (secondary N) is 1. The van der Waals surface area contributed by atoms with E-state index in [0.29, 0.717) is 13.1 Å². The monoisotopic (exact) mass is 268 g/mol. The minimum Gasteiger partial charge on any atom is -0.360 e. The second kappa shape index (κ2) is 6.02. The molecule has 0 atom stereocenters. The third-order valence-electron chi connectivity index (χ3n) is 2.78. The number of nitrogens with zero attached hydrogens (tertiary/aromatic N) is 3. The fourth-order valence-corrected chi connectivity index (χ4v) is 2.16. The summed E-state index contributed by atoms with van der Waals surface area (Å²) in [4.78, 5) is 0. The van der Waals surface area contributed by atoms with Gasteiger partial charge in [0.25, 0.3) is 0 Å². The zero-order chi connectivity index (χ0) is 13.0. The summed E-state index contributed by atoms with van der Waals surface area (Å²) < 4.78 is 6.96. The summed E-state index contributed by atoms with van der Waals surface area (Å²) in [6.45, 7) is 6.23. The molecule has 0 aliphatic heterocycles. The lowest BCUT2D eigenvalue weighted by Crippen LogP contribution is -2.16. The predicted octanol–water partition coefficient (Wildman–Crippen LogP) is 2.40. The Morgan fingerprint density at radius 1 is 1.39 bits per heavy atom. The number of aryl methyl sites for hydroxylation is 2. The Kier molecular flexibility index (Phi) is 4.38. The van der Waals surface area contributed by atoms with Crippen molar-refractivity contribution in [1.29, 1.82) is 0 Å². The van der Waals surface area contributed by atoms with Gasteiger partial charge in [0.05, 0.1) is 29.2 Å². The molecule has 0 radical (unpaired) electrons. The first kappa shape index (κ1) is 13.1. The lowest BCUT2D eigenvalue weighted by Gasteiger charge is -2.05. The van der Waals surface area contributed by atoms with Crippen LogP contribution in [0.15, 0.2) is 16.8 Å². The molecule has 0 unspecified atom stereocenters. The Balaban J connectivity index is 2.01. The van der Waals surface area contributed by atoms with E-state index in [2.05, 4.69) is 29.4 Å². The highest BCUT2D eigenvalue weighted by molar-refractivity contribution is 6.31. The molecule has 0 spiro atoms. The molecule has 1 N–H and O–H groups in total. The van der Waals surface area contributed by atoms with E-state index in [1.54, 1.807) is 6.20 Å². The minimum absolute atomic E-state index is 0.632. The molecule has 0 saturated carbocycles. The summed E-state index contributed by atoms with van der Waals surface area (Å²) in [5.74, 6) is 0.810. The van der Waals surface area contributed by atoms with Crippen molar-refractivity contribution in [2.45, 2.75) is 39.9 Å². The van der Waals surface area contributed by atoms with Crippen LogP contribution in [0.1, 0.15) is 31.0 Å². The Labute approximate surface area is 111 Å². The summed E-state index contributed by atoms with van der Waals surface area (Å²) in [7, 11) is 0. The standard InChI is InChI=1S/C12H17ClN4O/c1-3-10-12(13)11(17(4-2)16-10)8-14-7-9-5-6-15-18-9/h5-6,14H,3-4,7-8H2,1-2H3. The maximum absolute atomic E-state index is 6.31. The van der Waals surface area contributed by atoms with Gasteiger partial charge in [-0.25, -0.2) is 0 Å². The molecule has 98 valence electrons. The van der Waals surface area contributed by atoms with Crippen LogP contribution in [0.5, 0.6) is 0 Å². The highest BCUT2D eigenvalue weighted by atomic mass is 35.5. The van der Waals surface area contributed by atoms with Crippen molar-refractivity contribution in [2.75, 3.05) is 0 Å². The molecular formula is C12H17ClN4O. The van der Waals surface area contributed by atoms with Gasteiger partial charge in [-0.1, -0.05) is 23.7 Å². The minimum atomic E-state index is 0.632. The van der Waals surface area contributed by atoms with Crippen molar-refractivity contribution < 1.29 is 4.52 Å². The number of hydrogen-bond acceptors (Lipinski definition) is 4. The zero-order valence-electron chi connectivity index (χ0n) is 10.6. The molecule has 0 fully saturated rings. The lowest BCUT2D eigenvalue weighted by atomic mass is 10.3. The highest BCUT2D eigenvalue weighted by Crippen LogP contribution is 2.21. The van der Waals surface area contributed by atoms with E-state index in [1.807, 2.05) is 10.7 Å². The van der Waals surface area contributed by atoms with Gasteiger partial charge >= 0.3 is 0 Å². The molecule has 2 aromatic rings. The molecule has 6 heteroatoms. The first-order valence-corrected chi connectivity index (χ1v) is 6.48. The normalized spacial score (nSPS) is 11.1. The van der Waals surface area contributed by atoms with Crippen LogP contribution in [0.3, 0.4) is 0 Å². The Morgan fingerprint density at radius 3 is 2.83 bits per heavy atom. The molecule has 0 bridgehead atoms. The summed E-state index contributed by atoms with van der Waals surface area (Å²) in [6, 6.07) is 1.84. The van der Waals surface area contributed by atoms with Gasteiger partial charge in [-0.15, -0.1) is 0 Å². The molecular weight excluding hydrogens is 252 g/mol. The molecule has 0 aliphatic rings. The molecule has 5 nitrogen and oxygen atoms in total. The largest absolute Gasteiger partial charge is 0.360 e. The van der Waals surface area contributed by atoms with E-state index in [4.69, 9.17) is 16.1 Å². The van der Waals surface area contributed by atoms with Crippen LogP contribution in [-0.2, 0) is 26.1 Å². The van der Waals surface area contributed by atoms with Crippen molar-refractivity contribution >= 4 is 11.6 Å². The van der Waals surface area contributed by atoms with Crippen LogP contribution in [-0.4, -0.2) is 14.9 Å². The maximum atomic E-state index is 6.31. The molecule has 0 aliphatic carbocycles. The molecule has 0 aromatic carbocycles. The zero-order valence-corrected chi connectivity index (χ0v) is 11.4. The van der Waals surface area contributed by atoms with E-state index in [1.165, 1.54) is 0 Å². The van der Waals surface area contributed by atoms with E-state index in [9.17, 15) is 0 Å². The second-order valence-electron chi connectivity index (χ2n) is 3.96. The average Bonchev–Trinajstić information content (AvgIpc) is 2.99. The summed E-state index contributed by atoms with van der Waals surface area (Å²) in [5.41, 5.74) is 1.98. The number of halogens is 1. The van der Waals surface area contributed by atoms with Crippen LogP contribution < -0.4 is 5.32 Å². The first-order chi connectivity index (χ1) is 8.76. The van der Waals surface area contributed by atoms with Gasteiger partial charge in [-0.2, -0.15) is 5.10 Å². The van der Waals surface area contributed by atoms with Gasteiger partial charge in [0, 0.05) is 19.2 Å². The van der Waals surface area contributed by atoms with E-state index in [-0.39, 0.29) is 0 Å². The second-order valence-corrected chi connectivity index (χ2v) is 4.34. The quantitative estimate of drug-likeness (QED) is 0.874. The van der Waals surface area contributed by atoms with Crippen LogP contribution in [0.4, 0.5) is 0 Å². The molecule has 0 amide bonds. The first-order valence-electron chi connectivity index (χ1n) is 6.10. The third kappa shape index (κ3) is 2.73. The van der Waals surface area contributed by atoms with Crippen molar-refractivity contribution in [1.82, 2.24) is 20.3 Å². The van der Waals surface area contributed by atoms with Crippen molar-refractivity contribution in [3.63, 3.8) is 0 Å². The summed E-state index contributed by atoms with van der Waals surface area (Å²) in [5, 5.41) is 12.2. The van der Waals surface area contributed by atoms with Gasteiger partial charge in [-0.3, -0.25) is 4.68 Å². The molecule has 2 rings (SSSR count). The van der Waals surface area contributed by atoms with Gasteiger partial charge in [0.1, 0.15) is 5.76 Å². The number of aromatic nitrogens is 3. The van der Waals surface area contributed by atoms with Crippen molar-refractivity contribution in [3.05, 3.63) is 34.4 Å². The molecule has 2 heterocycles. The number of hydrogen-bond donors (Lipinski definition) is 1. The number of rotatable bonds is 6. The average molecular weight is 269 g/mol. The Bertz CT molecular complexity index is 492. The topological polar surface area (TPSA) is 55.9 Å². The smallest absolute Gasteiger partial charge is 0.150 e. The molecule has 0 saturated heterocycles. The van der Waals surface area contributed by atoms with Gasteiger partial charge in [0.15, 0.2) is 0 Å². The third-order valence-corrected chi connectivity index (χ3v) is 3.21. The predicted molar refractivity (Wildman–Crippen MR) is 69.3 cm³/mol. The molecule has 2 aromatic heterocycles. The van der Waals surface area contributed by atoms with Crippen molar-refractivity contribution in [2.24, 2.45) is 0 Å². The van der Waals surface area contributed by atoms with Crippen LogP contribution >= 0.6 is 11.6 Å². The van der Waals surface area contributed by atoms with E-state index >= 15 is 0 Å². The maximum Gasteiger partial charge on any atom is 0.150 e. The van der Waals surface area contributed by atoms with Crippen molar-refractivity contribution in [3.8, 4) is 0 Å². The van der Waals surface area contributed by atoms with Gasteiger partial charge in [0.2, 0.25) is 0 Å². The Morgan fingerprint density at radius 2 is 2.22 bits per heavy atom. The highest BCUT2D eigenvalue weighted by Gasteiger charge is 2.13. The van der Waals surface area contributed by atoms with Crippen LogP contribution in [0, 0.1) is 0 Å². The van der Waals surface area contributed by atoms with Gasteiger partial charge < -0.3 is 9.84 Å². The SMILES string of the molecule is CCc1nn(CC)c(CNCc2ccno2)c1Cl.